The molecule has 1 aromatic rings. The molecule has 0 saturated carbocycles. The number of hydrogen-bond donors (Lipinski definition) is 2. The summed E-state index contributed by atoms with van der Waals surface area (Å²) in [7, 11) is 0. The van der Waals surface area contributed by atoms with Crippen LogP contribution in [-0.2, 0) is 0 Å². The third-order valence-electron chi connectivity index (χ3n) is 2.80. The van der Waals surface area contributed by atoms with Gasteiger partial charge < -0.3 is 15.8 Å². The molecule has 4 heteroatoms. The second-order valence-corrected chi connectivity index (χ2v) is 4.02. The number of hydrogen-bond acceptors (Lipinski definition) is 3. The molecule has 1 aliphatic heterocycles. The lowest BCUT2D eigenvalue weighted by molar-refractivity contribution is 0.0996. The minimum atomic E-state index is -0.444. The van der Waals surface area contributed by atoms with Crippen LogP contribution in [0.3, 0.4) is 0 Å². The van der Waals surface area contributed by atoms with Gasteiger partial charge in [0.15, 0.2) is 0 Å². The predicted molar refractivity (Wildman–Crippen MR) is 61.4 cm³/mol. The van der Waals surface area contributed by atoms with Gasteiger partial charge in [-0.25, -0.2) is 0 Å². The Balaban J connectivity index is 1.89. The highest BCUT2D eigenvalue weighted by Gasteiger charge is 2.16. The first-order valence-corrected chi connectivity index (χ1v) is 5.49. The molecule has 0 spiro atoms. The van der Waals surface area contributed by atoms with Gasteiger partial charge in [0.05, 0.1) is 12.2 Å². The molecular weight excluding hydrogens is 204 g/mol. The summed E-state index contributed by atoms with van der Waals surface area (Å²) in [6, 6.07) is 7.08. The molecule has 1 saturated heterocycles. The molecule has 86 valence electrons. The Kier molecular flexibility index (Phi) is 3.41. The third kappa shape index (κ3) is 2.52. The summed E-state index contributed by atoms with van der Waals surface area (Å²) < 4.78 is 5.58. The van der Waals surface area contributed by atoms with Crippen molar-refractivity contribution in [2.75, 3.05) is 19.7 Å². The van der Waals surface area contributed by atoms with Crippen LogP contribution in [0.25, 0.3) is 0 Å². The molecule has 16 heavy (non-hydrogen) atoms. The zero-order valence-electron chi connectivity index (χ0n) is 9.11. The smallest absolute Gasteiger partial charge is 0.252 e. The van der Waals surface area contributed by atoms with Gasteiger partial charge in [-0.05, 0) is 37.6 Å². The van der Waals surface area contributed by atoms with Gasteiger partial charge >= 0.3 is 0 Å². The number of nitrogens with one attached hydrogen (secondary N) is 1. The Bertz CT molecular complexity index is 375. The van der Waals surface area contributed by atoms with Crippen molar-refractivity contribution in [3.8, 4) is 5.75 Å². The van der Waals surface area contributed by atoms with Crippen LogP contribution >= 0.6 is 0 Å². The molecule has 1 amide bonds. The zero-order valence-corrected chi connectivity index (χ0v) is 9.11. The Hall–Kier alpha value is -1.55. The van der Waals surface area contributed by atoms with Crippen LogP contribution in [0.2, 0.25) is 0 Å². The van der Waals surface area contributed by atoms with Gasteiger partial charge in [0.1, 0.15) is 5.75 Å². The number of rotatable bonds is 5. The standard InChI is InChI=1S/C12H16N2O2/c13-12(15)10-3-1-2-4-11(10)16-6-5-9-7-14-8-9/h1-4,9,14H,5-8H2,(H2,13,15). The van der Waals surface area contributed by atoms with Gasteiger partial charge in [-0.3, -0.25) is 4.79 Å². The van der Waals surface area contributed by atoms with Crippen molar-refractivity contribution in [1.29, 1.82) is 0 Å². The van der Waals surface area contributed by atoms with Crippen LogP contribution in [0.4, 0.5) is 0 Å². The van der Waals surface area contributed by atoms with Crippen molar-refractivity contribution >= 4 is 5.91 Å². The van der Waals surface area contributed by atoms with Gasteiger partial charge in [0.25, 0.3) is 5.91 Å². The fourth-order valence-corrected chi connectivity index (χ4v) is 1.68. The van der Waals surface area contributed by atoms with Gasteiger partial charge in [0.2, 0.25) is 0 Å². The maximum atomic E-state index is 11.1. The Morgan fingerprint density at radius 3 is 2.81 bits per heavy atom. The highest BCUT2D eigenvalue weighted by atomic mass is 16.5. The molecule has 1 aromatic carbocycles. The SMILES string of the molecule is NC(=O)c1ccccc1OCCC1CNC1. The number of carbonyl (C=O) groups excluding carboxylic acids is 1. The largest absolute Gasteiger partial charge is 0.493 e. The molecule has 2 rings (SSSR count). The van der Waals surface area contributed by atoms with Crippen LogP contribution in [0.15, 0.2) is 24.3 Å². The van der Waals surface area contributed by atoms with E-state index in [4.69, 9.17) is 10.5 Å². The van der Waals surface area contributed by atoms with E-state index in [0.717, 1.165) is 19.5 Å². The fraction of sp³-hybridized carbons (Fsp3) is 0.417. The summed E-state index contributed by atoms with van der Waals surface area (Å²) in [5.41, 5.74) is 5.71. The zero-order chi connectivity index (χ0) is 11.4. The quantitative estimate of drug-likeness (QED) is 0.770. The number of ether oxygens (including phenoxy) is 1. The van der Waals surface area contributed by atoms with E-state index in [9.17, 15) is 4.79 Å². The minimum absolute atomic E-state index is 0.444. The summed E-state index contributed by atoms with van der Waals surface area (Å²) in [4.78, 5) is 11.1. The number of para-hydroxylation sites is 1. The molecule has 0 aliphatic carbocycles. The molecule has 0 radical (unpaired) electrons. The Labute approximate surface area is 94.8 Å². The van der Waals surface area contributed by atoms with Crippen LogP contribution in [0.5, 0.6) is 5.75 Å². The first kappa shape index (κ1) is 11.0. The Morgan fingerprint density at radius 1 is 1.44 bits per heavy atom. The summed E-state index contributed by atoms with van der Waals surface area (Å²) in [6.07, 6.45) is 1.01. The van der Waals surface area contributed by atoms with Crippen LogP contribution in [0, 0.1) is 5.92 Å². The average molecular weight is 220 g/mol. The third-order valence-corrected chi connectivity index (χ3v) is 2.80. The van der Waals surface area contributed by atoms with Crippen LogP contribution in [-0.4, -0.2) is 25.6 Å². The molecule has 1 fully saturated rings. The molecule has 3 N–H and O–H groups in total. The molecule has 0 atom stereocenters. The lowest BCUT2D eigenvalue weighted by atomic mass is 10.0. The number of carbonyl (C=O) groups is 1. The Morgan fingerprint density at radius 2 is 2.19 bits per heavy atom. The average Bonchev–Trinajstić information content (AvgIpc) is 2.22. The van der Waals surface area contributed by atoms with Crippen LogP contribution < -0.4 is 15.8 Å². The molecule has 0 unspecified atom stereocenters. The molecule has 0 aromatic heterocycles. The van der Waals surface area contributed by atoms with Gasteiger partial charge in [-0.15, -0.1) is 0 Å². The normalized spacial score (nSPS) is 15.5. The van der Waals surface area contributed by atoms with Crippen molar-refractivity contribution in [2.45, 2.75) is 6.42 Å². The highest BCUT2D eigenvalue weighted by Crippen LogP contribution is 2.18. The molecule has 4 nitrogen and oxygen atoms in total. The molecule has 1 heterocycles. The van der Waals surface area contributed by atoms with Crippen molar-refractivity contribution in [1.82, 2.24) is 5.32 Å². The summed E-state index contributed by atoms with van der Waals surface area (Å²) >= 11 is 0. The van der Waals surface area contributed by atoms with Crippen LogP contribution in [0.1, 0.15) is 16.8 Å². The monoisotopic (exact) mass is 220 g/mol. The van der Waals surface area contributed by atoms with E-state index >= 15 is 0 Å². The number of benzene rings is 1. The van der Waals surface area contributed by atoms with E-state index in [1.807, 2.05) is 6.07 Å². The van der Waals surface area contributed by atoms with Crippen molar-refractivity contribution in [3.05, 3.63) is 29.8 Å². The summed E-state index contributed by atoms with van der Waals surface area (Å²) in [5.74, 6) is 0.851. The predicted octanol–water partition coefficient (Wildman–Crippen LogP) is 0.774. The fourth-order valence-electron chi connectivity index (χ4n) is 1.68. The van der Waals surface area contributed by atoms with E-state index in [2.05, 4.69) is 5.32 Å². The van der Waals surface area contributed by atoms with Crippen molar-refractivity contribution in [3.63, 3.8) is 0 Å². The van der Waals surface area contributed by atoms with Gasteiger partial charge in [0, 0.05) is 0 Å². The maximum absolute atomic E-state index is 11.1. The highest BCUT2D eigenvalue weighted by molar-refractivity contribution is 5.95. The first-order valence-electron chi connectivity index (χ1n) is 5.49. The topological polar surface area (TPSA) is 64.4 Å². The molecule has 1 aliphatic rings. The van der Waals surface area contributed by atoms with E-state index < -0.39 is 5.91 Å². The number of nitrogens with two attached hydrogens (primary N) is 1. The number of primary amides is 1. The lowest BCUT2D eigenvalue weighted by Crippen LogP contribution is -2.42. The summed E-state index contributed by atoms with van der Waals surface area (Å²) in [5, 5.41) is 3.21. The van der Waals surface area contributed by atoms with Gasteiger partial charge in [-0.2, -0.15) is 0 Å². The van der Waals surface area contributed by atoms with Gasteiger partial charge in [-0.1, -0.05) is 12.1 Å². The summed E-state index contributed by atoms with van der Waals surface area (Å²) in [6.45, 7) is 2.78. The van der Waals surface area contributed by atoms with E-state index in [-0.39, 0.29) is 0 Å². The van der Waals surface area contributed by atoms with Crippen molar-refractivity contribution in [2.24, 2.45) is 11.7 Å². The second-order valence-electron chi connectivity index (χ2n) is 4.02. The number of amides is 1. The van der Waals surface area contributed by atoms with E-state index in [0.29, 0.717) is 23.8 Å². The molecular formula is C12H16N2O2. The minimum Gasteiger partial charge on any atom is -0.493 e. The molecule has 0 bridgehead atoms. The van der Waals surface area contributed by atoms with Crippen molar-refractivity contribution < 1.29 is 9.53 Å². The lowest BCUT2D eigenvalue weighted by Gasteiger charge is -2.26. The van der Waals surface area contributed by atoms with E-state index in [1.165, 1.54) is 0 Å². The first-order chi connectivity index (χ1) is 7.77. The maximum Gasteiger partial charge on any atom is 0.252 e. The van der Waals surface area contributed by atoms with E-state index in [1.54, 1.807) is 18.2 Å². The second kappa shape index (κ2) is 4.99.